The fraction of sp³-hybridized carbons (Fsp3) is 0.778. The van der Waals surface area contributed by atoms with Gasteiger partial charge >= 0.3 is 5.97 Å². The summed E-state index contributed by atoms with van der Waals surface area (Å²) in [6.45, 7) is 12.0. The number of carboxylic acid groups (broad SMARTS) is 1. The lowest BCUT2D eigenvalue weighted by Gasteiger charge is -2.70. The third-order valence-corrected chi connectivity index (χ3v) is 10.9. The molecule has 0 radical (unpaired) electrons. The fourth-order valence-corrected chi connectivity index (χ4v) is 9.25. The van der Waals surface area contributed by atoms with Crippen molar-refractivity contribution in [3.05, 3.63) is 11.6 Å². The second-order valence-electron chi connectivity index (χ2n) is 12.3. The second-order valence-corrected chi connectivity index (χ2v) is 12.3. The first-order valence-electron chi connectivity index (χ1n) is 12.4. The van der Waals surface area contributed by atoms with E-state index in [1.165, 1.54) is 13.8 Å². The highest BCUT2D eigenvalue weighted by Crippen LogP contribution is 2.76. The molecule has 8 atom stereocenters. The Morgan fingerprint density at radius 1 is 1.12 bits per heavy atom. The van der Waals surface area contributed by atoms with E-state index in [0.717, 1.165) is 0 Å². The molecule has 0 heterocycles. The summed E-state index contributed by atoms with van der Waals surface area (Å²) in [5.74, 6) is -4.32. The van der Waals surface area contributed by atoms with E-state index >= 15 is 0 Å². The van der Waals surface area contributed by atoms with Crippen molar-refractivity contribution < 1.29 is 34.1 Å². The van der Waals surface area contributed by atoms with E-state index in [-0.39, 0.29) is 30.4 Å². The molecule has 4 aliphatic carbocycles. The minimum absolute atomic E-state index is 0.0713. The van der Waals surface area contributed by atoms with Crippen LogP contribution >= 0.6 is 0 Å². The van der Waals surface area contributed by atoms with Gasteiger partial charge in [-0.25, -0.2) is 0 Å². The molecule has 0 aromatic heterocycles. The lowest BCUT2D eigenvalue weighted by molar-refractivity contribution is -0.333. The normalized spacial score (nSPS) is 47.2. The van der Waals surface area contributed by atoms with Gasteiger partial charge in [-0.2, -0.15) is 0 Å². The molecule has 0 aromatic rings. The first-order valence-corrected chi connectivity index (χ1v) is 12.4. The minimum atomic E-state index is -2.00. The van der Waals surface area contributed by atoms with Gasteiger partial charge in [-0.15, -0.1) is 0 Å². The molecule has 3 fully saturated rings. The smallest absolute Gasteiger partial charge is 0.302 e. The monoisotopic (exact) mass is 473 g/mol. The molecule has 0 bridgehead atoms. The van der Waals surface area contributed by atoms with Gasteiger partial charge < -0.3 is 19.7 Å². The Balaban J connectivity index is 1.97. The van der Waals surface area contributed by atoms with E-state index in [9.17, 15) is 29.4 Å². The number of hydrogen-bond donors (Lipinski definition) is 1. The van der Waals surface area contributed by atoms with Crippen LogP contribution in [0.5, 0.6) is 0 Å². The Bertz CT molecular complexity index is 1010. The summed E-state index contributed by atoms with van der Waals surface area (Å²) in [5, 5.41) is 24.1. The lowest BCUT2D eigenvalue weighted by Crippen LogP contribution is -2.72. The Kier molecular flexibility index (Phi) is 5.35. The third kappa shape index (κ3) is 2.47. The predicted octanol–water partition coefficient (Wildman–Crippen LogP) is 2.24. The Morgan fingerprint density at radius 3 is 2.26 bits per heavy atom. The van der Waals surface area contributed by atoms with Crippen LogP contribution in [-0.2, 0) is 23.9 Å². The number of ether oxygens (including phenoxy) is 1. The molecule has 3 saturated carbocycles. The molecule has 188 valence electrons. The summed E-state index contributed by atoms with van der Waals surface area (Å²) in [7, 11) is 0. The molecule has 0 saturated heterocycles. The van der Waals surface area contributed by atoms with Crippen LogP contribution in [0.2, 0.25) is 0 Å². The van der Waals surface area contributed by atoms with E-state index in [1.54, 1.807) is 13.8 Å². The highest BCUT2D eigenvalue weighted by Gasteiger charge is 2.79. The van der Waals surface area contributed by atoms with Gasteiger partial charge in [-0.05, 0) is 63.7 Å². The van der Waals surface area contributed by atoms with Crippen molar-refractivity contribution in [2.24, 2.45) is 44.8 Å². The Morgan fingerprint density at radius 2 is 1.74 bits per heavy atom. The van der Waals surface area contributed by atoms with Crippen LogP contribution in [0.15, 0.2) is 11.6 Å². The van der Waals surface area contributed by atoms with Gasteiger partial charge in [0.2, 0.25) is 0 Å². The summed E-state index contributed by atoms with van der Waals surface area (Å²) < 4.78 is 5.68. The zero-order chi connectivity index (χ0) is 25.6. The number of aliphatic hydroxyl groups excluding tert-OH is 1. The maximum Gasteiger partial charge on any atom is 0.302 e. The number of aliphatic carboxylic acids is 1. The van der Waals surface area contributed by atoms with Crippen LogP contribution in [0.4, 0.5) is 0 Å². The van der Waals surface area contributed by atoms with E-state index in [2.05, 4.69) is 0 Å². The number of Topliss-reactive ketones (excluding diaryl/α,β-unsaturated/α-hetero) is 2. The van der Waals surface area contributed by atoms with Crippen molar-refractivity contribution >= 4 is 23.5 Å². The van der Waals surface area contributed by atoms with Gasteiger partial charge in [-0.1, -0.05) is 32.4 Å². The number of carboxylic acids is 1. The van der Waals surface area contributed by atoms with Crippen LogP contribution in [0.3, 0.4) is 0 Å². The standard InChI is InChI=1S/C27H38O7/c1-14-12-18-24(6,27(22(32)33)21(31)15(2)20(30)25(14,27)7)10-8-17-23(4,5)19(34-16(3)29)9-11-26(17,18)13-28/h12,15,17-19,28H,8-11,13H2,1-7H3,(H,32,33)/p-1/t15?,17-,18-,19+,24+,25+,26+,27-/m1/s1. The SMILES string of the molecule is CC(=O)O[C@H]1CC[C@]2(CO)[C@H](CC[C@@]3(C)[C@H]2C=C(C)[C@@]2(C)C(=O)C(C)C(=O)[C@]23C(=O)[O-])C1(C)C. The molecule has 4 rings (SSSR count). The lowest BCUT2D eigenvalue weighted by atomic mass is 9.33. The predicted molar refractivity (Wildman–Crippen MR) is 121 cm³/mol. The number of ketones is 2. The van der Waals surface area contributed by atoms with Crippen molar-refractivity contribution in [2.45, 2.75) is 80.3 Å². The topological polar surface area (TPSA) is 121 Å². The van der Waals surface area contributed by atoms with E-state index in [1.807, 2.05) is 26.8 Å². The number of esters is 1. The number of rotatable bonds is 3. The average Bonchev–Trinajstić information content (AvgIpc) is 2.91. The maximum atomic E-state index is 13.8. The molecular formula is C27H37O7-. The molecule has 7 nitrogen and oxygen atoms in total. The zero-order valence-corrected chi connectivity index (χ0v) is 21.3. The van der Waals surface area contributed by atoms with Crippen LogP contribution in [0, 0.1) is 44.8 Å². The molecule has 1 N–H and O–H groups in total. The molecule has 0 spiro atoms. The maximum absolute atomic E-state index is 13.8. The molecule has 4 aliphatic rings. The summed E-state index contributed by atoms with van der Waals surface area (Å²) in [6.07, 6.45) is 3.66. The number of hydrogen-bond acceptors (Lipinski definition) is 7. The minimum Gasteiger partial charge on any atom is -0.549 e. The van der Waals surface area contributed by atoms with Crippen LogP contribution in [0.25, 0.3) is 0 Å². The van der Waals surface area contributed by atoms with Gasteiger partial charge in [0.1, 0.15) is 6.10 Å². The first-order chi connectivity index (χ1) is 15.6. The second kappa shape index (κ2) is 7.25. The number of carbonyl (C=O) groups is 4. The van der Waals surface area contributed by atoms with E-state index < -0.39 is 50.7 Å². The molecular weight excluding hydrogens is 436 g/mol. The summed E-state index contributed by atoms with van der Waals surface area (Å²) in [6, 6.07) is 0. The average molecular weight is 474 g/mol. The molecule has 34 heavy (non-hydrogen) atoms. The van der Waals surface area contributed by atoms with Crippen molar-refractivity contribution in [3.8, 4) is 0 Å². The Labute approximate surface area is 201 Å². The fourth-order valence-electron chi connectivity index (χ4n) is 9.25. The number of aliphatic hydroxyl groups is 1. The van der Waals surface area contributed by atoms with Gasteiger partial charge in [0, 0.05) is 24.4 Å². The third-order valence-electron chi connectivity index (χ3n) is 10.9. The van der Waals surface area contributed by atoms with Crippen LogP contribution in [-0.4, -0.2) is 41.3 Å². The molecule has 7 heteroatoms. The van der Waals surface area contributed by atoms with Gasteiger partial charge in [0.05, 0.1) is 22.7 Å². The van der Waals surface area contributed by atoms with Crippen molar-refractivity contribution in [3.63, 3.8) is 0 Å². The van der Waals surface area contributed by atoms with E-state index in [4.69, 9.17) is 4.74 Å². The highest BCUT2D eigenvalue weighted by molar-refractivity contribution is 6.24. The zero-order valence-electron chi connectivity index (χ0n) is 21.3. The molecule has 0 aromatic carbocycles. The van der Waals surface area contributed by atoms with Crippen molar-refractivity contribution in [1.82, 2.24) is 0 Å². The van der Waals surface area contributed by atoms with Crippen molar-refractivity contribution in [1.29, 1.82) is 0 Å². The quantitative estimate of drug-likeness (QED) is 0.379. The van der Waals surface area contributed by atoms with E-state index in [0.29, 0.717) is 31.3 Å². The first kappa shape index (κ1) is 25.1. The van der Waals surface area contributed by atoms with Crippen molar-refractivity contribution in [2.75, 3.05) is 6.61 Å². The number of allylic oxidation sites excluding steroid dienone is 2. The van der Waals surface area contributed by atoms with Gasteiger partial charge in [0.25, 0.3) is 0 Å². The Hall–Kier alpha value is -2.02. The van der Waals surface area contributed by atoms with Gasteiger partial charge in [0.15, 0.2) is 11.6 Å². The summed E-state index contributed by atoms with van der Waals surface area (Å²) in [4.78, 5) is 52.1. The molecule has 0 aliphatic heterocycles. The van der Waals surface area contributed by atoms with Crippen LogP contribution < -0.4 is 5.11 Å². The van der Waals surface area contributed by atoms with Crippen LogP contribution in [0.1, 0.15) is 74.1 Å². The summed E-state index contributed by atoms with van der Waals surface area (Å²) in [5.41, 5.74) is -5.20. The molecule has 1 unspecified atom stereocenters. The molecule has 0 amide bonds. The summed E-state index contributed by atoms with van der Waals surface area (Å²) >= 11 is 0. The highest BCUT2D eigenvalue weighted by atomic mass is 16.5. The largest absolute Gasteiger partial charge is 0.549 e. The number of fused-ring (bicyclic) bond motifs is 5. The number of carbonyl (C=O) groups excluding carboxylic acids is 4. The van der Waals surface area contributed by atoms with Gasteiger partial charge in [-0.3, -0.25) is 14.4 Å².